The Morgan fingerprint density at radius 3 is 2.47 bits per heavy atom. The van der Waals surface area contributed by atoms with Gasteiger partial charge >= 0.3 is 0 Å². The van der Waals surface area contributed by atoms with Gasteiger partial charge in [0.2, 0.25) is 11.8 Å². The lowest BCUT2D eigenvalue weighted by molar-refractivity contribution is -0.120. The van der Waals surface area contributed by atoms with Gasteiger partial charge in [0.25, 0.3) is 0 Å². The molecule has 0 aliphatic rings. The van der Waals surface area contributed by atoms with Crippen LogP contribution in [0.5, 0.6) is 11.5 Å². The Hall–Kier alpha value is -3.53. The van der Waals surface area contributed by atoms with E-state index < -0.39 is 0 Å². The predicted molar refractivity (Wildman–Crippen MR) is 122 cm³/mol. The average Bonchev–Trinajstić information content (AvgIpc) is 3.16. The molecule has 3 aromatic rings. The molecule has 10 heteroatoms. The zero-order chi connectivity index (χ0) is 22.9. The van der Waals surface area contributed by atoms with Gasteiger partial charge in [-0.15, -0.1) is 10.2 Å². The molecule has 3 rings (SSSR count). The van der Waals surface area contributed by atoms with Gasteiger partial charge in [-0.25, -0.2) is 0 Å². The number of anilines is 1. The maximum atomic E-state index is 12.2. The van der Waals surface area contributed by atoms with Crippen molar-refractivity contribution in [3.8, 4) is 11.5 Å². The lowest BCUT2D eigenvalue weighted by Crippen LogP contribution is -2.26. The second-order valence-corrected chi connectivity index (χ2v) is 7.77. The Bertz CT molecular complexity index is 1070. The van der Waals surface area contributed by atoms with Gasteiger partial charge in [0.05, 0.1) is 32.9 Å². The van der Waals surface area contributed by atoms with Crippen LogP contribution < -0.4 is 20.1 Å². The number of thioether (sulfide) groups is 1. The molecule has 2 N–H and O–H groups in total. The van der Waals surface area contributed by atoms with Crippen molar-refractivity contribution in [3.05, 3.63) is 59.9 Å². The molecule has 0 fully saturated rings. The number of aromatic nitrogens is 3. The Morgan fingerprint density at radius 2 is 1.75 bits per heavy atom. The molecule has 0 atom stereocenters. The standard InChI is InChI=1S/C22H25N5O4S/c1-27-19(13-23-20(28)11-15-7-9-17(30-2)10-8-15)25-26-22(27)32-14-21(29)24-16-5-4-6-18(12-16)31-3/h4-10,12H,11,13-14H2,1-3H3,(H,23,28)(H,24,29). The number of ether oxygens (including phenoxy) is 2. The van der Waals surface area contributed by atoms with E-state index in [1.165, 1.54) is 11.8 Å². The third-order valence-corrected chi connectivity index (χ3v) is 5.60. The summed E-state index contributed by atoms with van der Waals surface area (Å²) < 4.78 is 12.0. The van der Waals surface area contributed by atoms with Crippen molar-refractivity contribution >= 4 is 29.3 Å². The van der Waals surface area contributed by atoms with Gasteiger partial charge in [0.1, 0.15) is 11.5 Å². The first kappa shape index (κ1) is 23.1. The van der Waals surface area contributed by atoms with E-state index in [-0.39, 0.29) is 30.5 Å². The third-order valence-electron chi connectivity index (χ3n) is 4.58. The SMILES string of the molecule is COc1ccc(CC(=O)NCc2nnc(SCC(=O)Nc3cccc(OC)c3)n2C)cc1. The van der Waals surface area contributed by atoms with E-state index >= 15 is 0 Å². The molecular weight excluding hydrogens is 430 g/mol. The minimum atomic E-state index is -0.166. The van der Waals surface area contributed by atoms with Gasteiger partial charge in [-0.3, -0.25) is 9.59 Å². The first-order valence-corrected chi connectivity index (χ1v) is 10.8. The quantitative estimate of drug-likeness (QED) is 0.452. The van der Waals surface area contributed by atoms with E-state index in [1.807, 2.05) is 24.3 Å². The molecule has 0 bridgehead atoms. The van der Waals surface area contributed by atoms with Gasteiger partial charge in [0, 0.05) is 18.8 Å². The van der Waals surface area contributed by atoms with Crippen molar-refractivity contribution in [2.45, 2.75) is 18.1 Å². The fraction of sp³-hybridized carbons (Fsp3) is 0.273. The van der Waals surface area contributed by atoms with Crippen molar-refractivity contribution in [3.63, 3.8) is 0 Å². The number of amides is 2. The maximum absolute atomic E-state index is 12.2. The summed E-state index contributed by atoms with van der Waals surface area (Å²) in [7, 11) is 4.97. The van der Waals surface area contributed by atoms with E-state index in [0.717, 1.165) is 11.3 Å². The molecule has 0 saturated carbocycles. The lowest BCUT2D eigenvalue weighted by Gasteiger charge is -2.08. The molecule has 1 heterocycles. The normalized spacial score (nSPS) is 10.5. The molecule has 1 aromatic heterocycles. The molecule has 168 valence electrons. The molecule has 2 aromatic carbocycles. The second-order valence-electron chi connectivity index (χ2n) is 6.83. The first-order valence-electron chi connectivity index (χ1n) is 9.83. The smallest absolute Gasteiger partial charge is 0.234 e. The number of nitrogens with zero attached hydrogens (tertiary/aromatic N) is 3. The molecule has 2 amide bonds. The van der Waals surface area contributed by atoms with Crippen LogP contribution >= 0.6 is 11.8 Å². The summed E-state index contributed by atoms with van der Waals surface area (Å²) in [6, 6.07) is 14.5. The van der Waals surface area contributed by atoms with Crippen LogP contribution in [0.2, 0.25) is 0 Å². The Labute approximate surface area is 190 Å². The molecule has 0 radical (unpaired) electrons. The van der Waals surface area contributed by atoms with E-state index in [2.05, 4.69) is 20.8 Å². The Morgan fingerprint density at radius 1 is 1.00 bits per heavy atom. The Kier molecular flexibility index (Phi) is 8.09. The number of carbonyl (C=O) groups is 2. The topological polar surface area (TPSA) is 107 Å². The molecule has 0 spiro atoms. The fourth-order valence-electron chi connectivity index (χ4n) is 2.82. The highest BCUT2D eigenvalue weighted by atomic mass is 32.2. The van der Waals surface area contributed by atoms with E-state index in [4.69, 9.17) is 9.47 Å². The number of benzene rings is 2. The summed E-state index contributed by atoms with van der Waals surface area (Å²) in [6.45, 7) is 0.245. The molecule has 0 saturated heterocycles. The molecule has 32 heavy (non-hydrogen) atoms. The largest absolute Gasteiger partial charge is 0.497 e. The van der Waals surface area contributed by atoms with Crippen LogP contribution in [0.25, 0.3) is 0 Å². The highest BCUT2D eigenvalue weighted by Crippen LogP contribution is 2.19. The second kappa shape index (κ2) is 11.2. The summed E-state index contributed by atoms with van der Waals surface area (Å²) in [5.74, 6) is 1.90. The van der Waals surface area contributed by atoms with E-state index in [9.17, 15) is 9.59 Å². The van der Waals surface area contributed by atoms with Gasteiger partial charge in [-0.2, -0.15) is 0 Å². The summed E-state index contributed by atoms with van der Waals surface area (Å²) in [6.07, 6.45) is 0.258. The summed E-state index contributed by atoms with van der Waals surface area (Å²) in [5.41, 5.74) is 1.55. The van der Waals surface area contributed by atoms with Crippen LogP contribution in [0, 0.1) is 0 Å². The monoisotopic (exact) mass is 455 g/mol. The van der Waals surface area contributed by atoms with Crippen LogP contribution in [0.3, 0.4) is 0 Å². The maximum Gasteiger partial charge on any atom is 0.234 e. The number of rotatable bonds is 10. The van der Waals surface area contributed by atoms with Gasteiger partial charge in [0.15, 0.2) is 11.0 Å². The van der Waals surface area contributed by atoms with Crippen LogP contribution in [0.15, 0.2) is 53.7 Å². The van der Waals surface area contributed by atoms with Gasteiger partial charge < -0.3 is 24.7 Å². The van der Waals surface area contributed by atoms with Gasteiger partial charge in [-0.1, -0.05) is 30.0 Å². The summed E-state index contributed by atoms with van der Waals surface area (Å²) in [5, 5.41) is 14.5. The summed E-state index contributed by atoms with van der Waals surface area (Å²) >= 11 is 1.27. The predicted octanol–water partition coefficient (Wildman–Crippen LogP) is 2.42. The molecular formula is C22H25N5O4S. The van der Waals surface area contributed by atoms with Crippen molar-refractivity contribution in [2.24, 2.45) is 7.05 Å². The molecule has 9 nitrogen and oxygen atoms in total. The molecule has 0 aliphatic carbocycles. The number of methoxy groups -OCH3 is 2. The fourth-order valence-corrected chi connectivity index (χ4v) is 3.55. The Balaban J connectivity index is 1.46. The minimum Gasteiger partial charge on any atom is -0.497 e. The number of carbonyl (C=O) groups excluding carboxylic acids is 2. The van der Waals surface area contributed by atoms with Crippen molar-refractivity contribution in [1.29, 1.82) is 0 Å². The van der Waals surface area contributed by atoms with Crippen molar-refractivity contribution in [1.82, 2.24) is 20.1 Å². The van der Waals surface area contributed by atoms with Crippen LogP contribution in [0.1, 0.15) is 11.4 Å². The zero-order valence-electron chi connectivity index (χ0n) is 18.1. The lowest BCUT2D eigenvalue weighted by atomic mass is 10.1. The van der Waals surface area contributed by atoms with Crippen molar-refractivity contribution < 1.29 is 19.1 Å². The molecule has 0 unspecified atom stereocenters. The highest BCUT2D eigenvalue weighted by Gasteiger charge is 2.13. The number of nitrogens with one attached hydrogen (secondary N) is 2. The summed E-state index contributed by atoms with van der Waals surface area (Å²) in [4.78, 5) is 24.5. The zero-order valence-corrected chi connectivity index (χ0v) is 18.9. The van der Waals surface area contributed by atoms with Gasteiger partial charge in [-0.05, 0) is 29.8 Å². The first-order chi connectivity index (χ1) is 15.5. The van der Waals surface area contributed by atoms with Crippen LogP contribution in [-0.4, -0.2) is 46.6 Å². The average molecular weight is 456 g/mol. The van der Waals surface area contributed by atoms with E-state index in [1.54, 1.807) is 50.1 Å². The van der Waals surface area contributed by atoms with E-state index in [0.29, 0.717) is 22.4 Å². The minimum absolute atomic E-state index is 0.120. The van der Waals surface area contributed by atoms with Crippen molar-refractivity contribution in [2.75, 3.05) is 25.3 Å². The number of hydrogen-bond donors (Lipinski definition) is 2. The highest BCUT2D eigenvalue weighted by molar-refractivity contribution is 7.99. The number of hydrogen-bond acceptors (Lipinski definition) is 7. The van der Waals surface area contributed by atoms with Crippen LogP contribution in [0.4, 0.5) is 5.69 Å². The van der Waals surface area contributed by atoms with Crippen LogP contribution in [-0.2, 0) is 29.6 Å². The third kappa shape index (κ3) is 6.48. The molecule has 0 aliphatic heterocycles.